The SMILES string of the molecule is C=C(/C=C\C=C/C)CCC(C(=O)OCC)N1C(=O)OC(=O)[C@H]1C. The number of esters is 2. The minimum atomic E-state index is -0.865. The van der Waals surface area contributed by atoms with E-state index in [-0.39, 0.29) is 6.61 Å². The lowest BCUT2D eigenvalue weighted by Gasteiger charge is -2.26. The minimum Gasteiger partial charge on any atom is -0.464 e. The van der Waals surface area contributed by atoms with Crippen molar-refractivity contribution in [3.8, 4) is 0 Å². The highest BCUT2D eigenvalue weighted by Crippen LogP contribution is 2.22. The van der Waals surface area contributed by atoms with Crippen molar-refractivity contribution in [2.45, 2.75) is 45.7 Å². The zero-order valence-corrected chi connectivity index (χ0v) is 13.8. The van der Waals surface area contributed by atoms with Crippen LogP contribution >= 0.6 is 0 Å². The van der Waals surface area contributed by atoms with E-state index in [1.807, 2.05) is 31.2 Å². The van der Waals surface area contributed by atoms with Gasteiger partial charge in [-0.25, -0.2) is 14.4 Å². The van der Waals surface area contributed by atoms with Crippen LogP contribution in [0.25, 0.3) is 0 Å². The van der Waals surface area contributed by atoms with Gasteiger partial charge in [-0.15, -0.1) is 0 Å². The fourth-order valence-corrected chi connectivity index (χ4v) is 2.21. The molecule has 0 aromatic rings. The molecule has 23 heavy (non-hydrogen) atoms. The molecule has 0 N–H and O–H groups in total. The van der Waals surface area contributed by atoms with Gasteiger partial charge in [0.05, 0.1) is 6.61 Å². The molecule has 1 heterocycles. The van der Waals surface area contributed by atoms with Gasteiger partial charge in [0.25, 0.3) is 0 Å². The summed E-state index contributed by atoms with van der Waals surface area (Å²) in [6, 6.07) is -1.67. The lowest BCUT2D eigenvalue weighted by atomic mass is 10.0. The number of ether oxygens (including phenoxy) is 2. The van der Waals surface area contributed by atoms with Crippen LogP contribution in [0.5, 0.6) is 0 Å². The molecule has 0 aromatic carbocycles. The number of nitrogens with zero attached hydrogens (tertiary/aromatic N) is 1. The van der Waals surface area contributed by atoms with Crippen LogP contribution in [0, 0.1) is 0 Å². The highest BCUT2D eigenvalue weighted by molar-refractivity contribution is 5.97. The number of amides is 1. The van der Waals surface area contributed by atoms with Gasteiger partial charge in [-0.3, -0.25) is 4.90 Å². The molecular formula is C17H23NO5. The summed E-state index contributed by atoms with van der Waals surface area (Å²) in [5, 5.41) is 0. The summed E-state index contributed by atoms with van der Waals surface area (Å²) in [5.74, 6) is -1.20. The monoisotopic (exact) mass is 321 g/mol. The van der Waals surface area contributed by atoms with Gasteiger partial charge in [-0.1, -0.05) is 36.5 Å². The number of hydrogen-bond donors (Lipinski definition) is 0. The van der Waals surface area contributed by atoms with E-state index < -0.39 is 30.1 Å². The zero-order valence-electron chi connectivity index (χ0n) is 13.8. The van der Waals surface area contributed by atoms with E-state index in [9.17, 15) is 14.4 Å². The Morgan fingerprint density at radius 1 is 1.43 bits per heavy atom. The maximum absolute atomic E-state index is 12.2. The molecule has 0 aliphatic carbocycles. The maximum Gasteiger partial charge on any atom is 0.419 e. The van der Waals surface area contributed by atoms with Gasteiger partial charge in [-0.05, 0) is 33.6 Å². The Kier molecular flexibility index (Phi) is 7.25. The lowest BCUT2D eigenvalue weighted by molar-refractivity contribution is -0.149. The first-order chi connectivity index (χ1) is 10.9. The summed E-state index contributed by atoms with van der Waals surface area (Å²) >= 11 is 0. The maximum atomic E-state index is 12.2. The molecule has 0 bridgehead atoms. The van der Waals surface area contributed by atoms with Gasteiger partial charge >= 0.3 is 18.0 Å². The molecule has 0 radical (unpaired) electrons. The smallest absolute Gasteiger partial charge is 0.419 e. The van der Waals surface area contributed by atoms with E-state index >= 15 is 0 Å². The predicted molar refractivity (Wildman–Crippen MR) is 85.5 cm³/mol. The van der Waals surface area contributed by atoms with Crippen LogP contribution in [0.15, 0.2) is 36.5 Å². The third-order valence-corrected chi connectivity index (χ3v) is 3.43. The molecule has 1 unspecified atom stereocenters. The molecule has 1 rings (SSSR count). The topological polar surface area (TPSA) is 72.9 Å². The number of hydrogen-bond acceptors (Lipinski definition) is 5. The first-order valence-electron chi connectivity index (χ1n) is 7.60. The second-order valence-corrected chi connectivity index (χ2v) is 5.12. The van der Waals surface area contributed by atoms with E-state index in [0.29, 0.717) is 12.8 Å². The number of cyclic esters (lactones) is 2. The van der Waals surface area contributed by atoms with E-state index in [0.717, 1.165) is 10.5 Å². The van der Waals surface area contributed by atoms with Gasteiger partial charge < -0.3 is 9.47 Å². The Morgan fingerprint density at radius 2 is 2.13 bits per heavy atom. The van der Waals surface area contributed by atoms with Crippen LogP contribution < -0.4 is 0 Å². The van der Waals surface area contributed by atoms with Crippen molar-refractivity contribution in [3.05, 3.63) is 36.5 Å². The average molecular weight is 321 g/mol. The van der Waals surface area contributed by atoms with Crippen LogP contribution in [-0.2, 0) is 19.1 Å². The Hall–Kier alpha value is -2.37. The molecule has 2 atom stereocenters. The normalized spacial score (nSPS) is 19.4. The Bertz CT molecular complexity index is 535. The highest BCUT2D eigenvalue weighted by atomic mass is 16.6. The molecule has 1 saturated heterocycles. The summed E-state index contributed by atoms with van der Waals surface area (Å²) in [6.45, 7) is 9.22. The summed E-state index contributed by atoms with van der Waals surface area (Å²) in [4.78, 5) is 36.7. The third-order valence-electron chi connectivity index (χ3n) is 3.43. The Balaban J connectivity index is 2.81. The van der Waals surface area contributed by atoms with E-state index in [4.69, 9.17) is 4.74 Å². The number of carbonyl (C=O) groups excluding carboxylic acids is 3. The third kappa shape index (κ3) is 5.09. The molecule has 1 amide bonds. The van der Waals surface area contributed by atoms with Gasteiger partial charge in [0.15, 0.2) is 0 Å². The molecule has 6 nitrogen and oxygen atoms in total. The zero-order chi connectivity index (χ0) is 17.4. The fourth-order valence-electron chi connectivity index (χ4n) is 2.21. The van der Waals surface area contributed by atoms with Crippen molar-refractivity contribution in [2.24, 2.45) is 0 Å². The van der Waals surface area contributed by atoms with E-state index in [1.54, 1.807) is 6.92 Å². The molecule has 1 fully saturated rings. The lowest BCUT2D eigenvalue weighted by Crippen LogP contribution is -2.47. The number of rotatable bonds is 8. The van der Waals surface area contributed by atoms with Crippen molar-refractivity contribution in [2.75, 3.05) is 6.61 Å². The van der Waals surface area contributed by atoms with E-state index in [2.05, 4.69) is 11.3 Å². The molecule has 0 aromatic heterocycles. The number of carbonyl (C=O) groups is 3. The molecule has 0 spiro atoms. The molecule has 1 aliphatic rings. The summed E-state index contributed by atoms with van der Waals surface area (Å²) < 4.78 is 9.60. The quantitative estimate of drug-likeness (QED) is 0.390. The summed E-state index contributed by atoms with van der Waals surface area (Å²) in [5.41, 5.74) is 0.809. The van der Waals surface area contributed by atoms with Gasteiger partial charge in [0.1, 0.15) is 12.1 Å². The van der Waals surface area contributed by atoms with Crippen molar-refractivity contribution >= 4 is 18.0 Å². The molecule has 1 aliphatic heterocycles. The number of allylic oxidation sites excluding steroid dienone is 5. The second-order valence-electron chi connectivity index (χ2n) is 5.12. The van der Waals surface area contributed by atoms with E-state index in [1.165, 1.54) is 6.92 Å². The van der Waals surface area contributed by atoms with Crippen LogP contribution in [-0.4, -0.2) is 41.6 Å². The molecule has 126 valence electrons. The highest BCUT2D eigenvalue weighted by Gasteiger charge is 2.45. The summed E-state index contributed by atoms with van der Waals surface area (Å²) in [6.07, 6.45) is 7.42. The largest absolute Gasteiger partial charge is 0.464 e. The van der Waals surface area contributed by atoms with Crippen LogP contribution in [0.2, 0.25) is 0 Å². The van der Waals surface area contributed by atoms with Crippen molar-refractivity contribution < 1.29 is 23.9 Å². The first kappa shape index (κ1) is 18.7. The standard InChI is InChI=1S/C17H23NO5/c1-5-7-8-9-12(3)10-11-14(16(20)22-6-2)18-13(4)15(19)23-17(18)21/h5,7-9,13-14H,3,6,10-11H2,1-2,4H3/b7-5-,9-8-/t13-,14?/m1/s1. The molecule has 6 heteroatoms. The predicted octanol–water partition coefficient (Wildman–Crippen LogP) is 2.75. The van der Waals surface area contributed by atoms with Gasteiger partial charge in [0, 0.05) is 0 Å². The minimum absolute atomic E-state index is 0.197. The Morgan fingerprint density at radius 3 is 2.65 bits per heavy atom. The Labute approximate surface area is 136 Å². The van der Waals surface area contributed by atoms with Crippen LogP contribution in [0.4, 0.5) is 4.79 Å². The average Bonchev–Trinajstić information content (AvgIpc) is 2.74. The van der Waals surface area contributed by atoms with Crippen LogP contribution in [0.3, 0.4) is 0 Å². The van der Waals surface area contributed by atoms with Crippen molar-refractivity contribution in [1.82, 2.24) is 4.90 Å². The van der Waals surface area contributed by atoms with Gasteiger partial charge in [-0.2, -0.15) is 0 Å². The molecular weight excluding hydrogens is 298 g/mol. The fraction of sp³-hybridized carbons (Fsp3) is 0.471. The first-order valence-corrected chi connectivity index (χ1v) is 7.60. The second kappa shape index (κ2) is 8.92. The molecule has 0 saturated carbocycles. The van der Waals surface area contributed by atoms with Crippen molar-refractivity contribution in [1.29, 1.82) is 0 Å². The van der Waals surface area contributed by atoms with Crippen molar-refractivity contribution in [3.63, 3.8) is 0 Å². The summed E-state index contributed by atoms with van der Waals surface area (Å²) in [7, 11) is 0. The van der Waals surface area contributed by atoms with Crippen LogP contribution in [0.1, 0.15) is 33.6 Å². The van der Waals surface area contributed by atoms with Gasteiger partial charge in [0.2, 0.25) is 0 Å².